The number of rotatable bonds is 6. The summed E-state index contributed by atoms with van der Waals surface area (Å²) in [5, 5.41) is 25.5. The molecule has 0 aliphatic carbocycles. The summed E-state index contributed by atoms with van der Waals surface area (Å²) >= 11 is 0. The van der Waals surface area contributed by atoms with E-state index >= 15 is 0 Å². The van der Waals surface area contributed by atoms with Crippen LogP contribution < -0.4 is 5.73 Å². The number of nitrogens with two attached hydrogens (primary N) is 1. The molecule has 2 aliphatic heterocycles. The Hall–Kier alpha value is -3.21. The van der Waals surface area contributed by atoms with E-state index in [0.717, 1.165) is 0 Å². The van der Waals surface area contributed by atoms with Crippen LogP contribution in [0.2, 0.25) is 0 Å². The number of ether oxygens (including phenoxy) is 2. The van der Waals surface area contributed by atoms with Crippen LogP contribution in [0.5, 0.6) is 0 Å². The molecule has 0 unspecified atom stereocenters. The van der Waals surface area contributed by atoms with Crippen molar-refractivity contribution in [1.29, 1.82) is 5.26 Å². The van der Waals surface area contributed by atoms with Crippen LogP contribution in [-0.4, -0.2) is 61.6 Å². The first-order chi connectivity index (χ1) is 17.7. The second-order valence-electron chi connectivity index (χ2n) is 8.93. The number of nitrogen functional groups attached to an aromatic ring is 1. The SMILES string of the molecule is CC(C)OC(=O)c1ccccc1CO[PH]1(O)OC[C@H]2O[C@@](C#N)(c3ccc4c(N)ncnn34)[C@H](O)[C@@H]2O1. The van der Waals surface area contributed by atoms with Gasteiger partial charge in [-0.05, 0) is 0 Å². The van der Waals surface area contributed by atoms with E-state index < -0.39 is 38.1 Å². The predicted octanol–water partition coefficient (Wildman–Crippen LogP) is 1.39. The van der Waals surface area contributed by atoms with E-state index in [-0.39, 0.29) is 36.4 Å². The number of hydrogen-bond acceptors (Lipinski definition) is 12. The van der Waals surface area contributed by atoms with Crippen molar-refractivity contribution in [3.63, 3.8) is 0 Å². The molecule has 0 bridgehead atoms. The molecule has 2 saturated heterocycles. The van der Waals surface area contributed by atoms with E-state index in [1.807, 2.05) is 6.07 Å². The first-order valence-corrected chi connectivity index (χ1v) is 13.2. The standard InChI is InChI=1S/C23H26N5O8P/c1-13(2)34-22(30)15-6-4-3-5-14(15)9-32-37(31)33-10-17-19(36-37)20(29)23(11-24,35-17)18-8-7-16-21(25)26-12-27-28(16)18/h3-8,12-13,17,19-20,29,31,37H,9-10H2,1-2H3,(H2,25,26,27)/t17-,19-,20-,23+/m1/s1. The Morgan fingerprint density at radius 3 is 2.92 bits per heavy atom. The van der Waals surface area contributed by atoms with Crippen molar-refractivity contribution in [3.8, 4) is 6.07 Å². The van der Waals surface area contributed by atoms with Gasteiger partial charge in [-0.15, -0.1) is 0 Å². The van der Waals surface area contributed by atoms with Crippen molar-refractivity contribution in [2.75, 3.05) is 12.3 Å². The fraction of sp³-hybridized carbons (Fsp3) is 0.391. The molecule has 0 radical (unpaired) electrons. The van der Waals surface area contributed by atoms with Crippen molar-refractivity contribution >= 4 is 25.5 Å². The van der Waals surface area contributed by atoms with E-state index in [1.54, 1.807) is 50.2 Å². The van der Waals surface area contributed by atoms with Gasteiger partial charge < -0.3 is 0 Å². The van der Waals surface area contributed by atoms with Crippen LogP contribution in [0.4, 0.5) is 5.82 Å². The molecular weight excluding hydrogens is 505 g/mol. The first-order valence-electron chi connectivity index (χ1n) is 11.5. The number of aromatic nitrogens is 3. The predicted molar refractivity (Wildman–Crippen MR) is 129 cm³/mol. The Balaban J connectivity index is 1.36. The molecule has 2 fully saturated rings. The number of aliphatic hydroxyl groups is 1. The number of fused-ring (bicyclic) bond motifs is 2. The van der Waals surface area contributed by atoms with Gasteiger partial charge in [0.25, 0.3) is 0 Å². The number of aliphatic hydroxyl groups excluding tert-OH is 1. The van der Waals surface area contributed by atoms with Gasteiger partial charge in [0.1, 0.15) is 0 Å². The van der Waals surface area contributed by atoms with Crippen LogP contribution in [-0.2, 0) is 35.3 Å². The first kappa shape index (κ1) is 25.4. The minimum atomic E-state index is -4.31. The van der Waals surface area contributed by atoms with Crippen LogP contribution in [0.25, 0.3) is 5.52 Å². The molecule has 196 valence electrons. The second-order valence-corrected chi connectivity index (χ2v) is 10.8. The van der Waals surface area contributed by atoms with E-state index in [1.165, 1.54) is 10.8 Å². The van der Waals surface area contributed by atoms with Gasteiger partial charge in [0.2, 0.25) is 0 Å². The number of nitrogens with zero attached hydrogens (tertiary/aromatic N) is 4. The Bertz CT molecular complexity index is 1380. The molecule has 0 amide bonds. The summed E-state index contributed by atoms with van der Waals surface area (Å²) in [6.45, 7) is 3.05. The number of carbonyl (C=O) groups excluding carboxylic acids is 1. The summed E-state index contributed by atoms with van der Waals surface area (Å²) in [6.07, 6.45) is -2.65. The number of esters is 1. The number of hydrogen-bond donors (Lipinski definition) is 3. The van der Waals surface area contributed by atoms with Gasteiger partial charge in [0.15, 0.2) is 0 Å². The molecule has 2 aliphatic rings. The van der Waals surface area contributed by atoms with Gasteiger partial charge in [-0.2, -0.15) is 0 Å². The zero-order valence-electron chi connectivity index (χ0n) is 20.0. The average molecular weight is 531 g/mol. The van der Waals surface area contributed by atoms with Gasteiger partial charge in [0.05, 0.1) is 0 Å². The van der Waals surface area contributed by atoms with E-state index in [2.05, 4.69) is 10.1 Å². The molecular formula is C23H26N5O8P. The number of anilines is 1. The van der Waals surface area contributed by atoms with Crippen molar-refractivity contribution in [2.45, 2.75) is 50.5 Å². The van der Waals surface area contributed by atoms with E-state index in [9.17, 15) is 20.1 Å². The van der Waals surface area contributed by atoms with Crippen molar-refractivity contribution in [3.05, 3.63) is 59.5 Å². The third kappa shape index (κ3) is 4.43. The summed E-state index contributed by atoms with van der Waals surface area (Å²) in [6, 6.07) is 11.8. The van der Waals surface area contributed by atoms with E-state index in [0.29, 0.717) is 11.1 Å². The van der Waals surface area contributed by atoms with Crippen molar-refractivity contribution in [2.24, 2.45) is 0 Å². The van der Waals surface area contributed by atoms with Gasteiger partial charge in [-0.25, -0.2) is 0 Å². The fourth-order valence-corrected chi connectivity index (χ4v) is 5.99. The third-order valence-corrected chi connectivity index (χ3v) is 7.78. The van der Waals surface area contributed by atoms with Crippen molar-refractivity contribution < 1.29 is 37.8 Å². The average Bonchev–Trinajstić information content (AvgIpc) is 3.43. The van der Waals surface area contributed by atoms with Crippen LogP contribution in [0.3, 0.4) is 0 Å². The minimum absolute atomic E-state index is 0.187. The van der Waals surface area contributed by atoms with Gasteiger partial charge in [0, 0.05) is 0 Å². The monoisotopic (exact) mass is 531 g/mol. The normalized spacial score (nSPS) is 27.5. The summed E-state index contributed by atoms with van der Waals surface area (Å²) < 4.78 is 29.5. The quantitative estimate of drug-likeness (QED) is 0.307. The van der Waals surface area contributed by atoms with Crippen LogP contribution in [0.1, 0.15) is 35.5 Å². The fourth-order valence-electron chi connectivity index (χ4n) is 4.44. The topological polar surface area (TPSA) is 184 Å². The molecule has 4 atom stereocenters. The van der Waals surface area contributed by atoms with Crippen LogP contribution in [0.15, 0.2) is 42.7 Å². The summed E-state index contributed by atoms with van der Waals surface area (Å²) in [4.78, 5) is 27.4. The number of carbonyl (C=O) groups is 1. The molecule has 4 N–H and O–H groups in total. The summed E-state index contributed by atoms with van der Waals surface area (Å²) in [7, 11) is -4.31. The Labute approximate surface area is 211 Å². The number of benzene rings is 1. The Morgan fingerprint density at radius 2 is 2.16 bits per heavy atom. The molecule has 2 aromatic heterocycles. The van der Waals surface area contributed by atoms with Crippen LogP contribution >= 0.6 is 8.17 Å². The second kappa shape index (κ2) is 9.59. The molecule has 37 heavy (non-hydrogen) atoms. The molecule has 0 spiro atoms. The number of nitriles is 1. The Morgan fingerprint density at radius 1 is 1.38 bits per heavy atom. The molecule has 4 heterocycles. The molecule has 5 rings (SSSR count). The zero-order chi connectivity index (χ0) is 26.4. The molecule has 1 aromatic carbocycles. The Kier molecular flexibility index (Phi) is 6.59. The summed E-state index contributed by atoms with van der Waals surface area (Å²) in [5.74, 6) is -0.345. The molecule has 14 heteroatoms. The van der Waals surface area contributed by atoms with Gasteiger partial charge in [-0.1, -0.05) is 0 Å². The molecule has 13 nitrogen and oxygen atoms in total. The third-order valence-electron chi connectivity index (χ3n) is 6.16. The van der Waals surface area contributed by atoms with E-state index in [4.69, 9.17) is 28.8 Å². The van der Waals surface area contributed by atoms with Gasteiger partial charge >= 0.3 is 212 Å². The van der Waals surface area contributed by atoms with Gasteiger partial charge in [-0.3, -0.25) is 0 Å². The summed E-state index contributed by atoms with van der Waals surface area (Å²) in [5.41, 5.74) is 5.38. The van der Waals surface area contributed by atoms with Crippen LogP contribution in [0, 0.1) is 11.3 Å². The zero-order valence-corrected chi connectivity index (χ0v) is 21.0. The maximum absolute atomic E-state index is 12.4. The van der Waals surface area contributed by atoms with Crippen molar-refractivity contribution in [1.82, 2.24) is 14.6 Å². The molecule has 0 saturated carbocycles. The maximum atomic E-state index is 12.4. The molecule has 3 aromatic rings.